The molecule has 2 bridgehead atoms. The van der Waals surface area contributed by atoms with Crippen LogP contribution in [0.1, 0.15) is 31.1 Å². The molecule has 0 amide bonds. The van der Waals surface area contributed by atoms with E-state index in [1.165, 1.54) is 13.1 Å². The molecule has 3 fully saturated rings. The number of aromatic nitrogens is 2. The van der Waals surface area contributed by atoms with Crippen LogP contribution in [-0.2, 0) is 6.42 Å². The minimum absolute atomic E-state index is 0.335. The third-order valence-electron chi connectivity index (χ3n) is 4.34. The van der Waals surface area contributed by atoms with E-state index in [0.29, 0.717) is 12.1 Å². The number of fused-ring (bicyclic) bond motifs is 3. The Morgan fingerprint density at radius 1 is 1.37 bits per heavy atom. The summed E-state index contributed by atoms with van der Waals surface area (Å²) in [5.74, 6) is 1.64. The van der Waals surface area contributed by atoms with Crippen molar-refractivity contribution >= 4 is 0 Å². The molecule has 3 aliphatic heterocycles. The van der Waals surface area contributed by atoms with Crippen LogP contribution in [0.25, 0.3) is 0 Å². The summed E-state index contributed by atoms with van der Waals surface area (Å²) >= 11 is 0. The van der Waals surface area contributed by atoms with Crippen molar-refractivity contribution in [2.45, 2.75) is 31.8 Å². The van der Waals surface area contributed by atoms with Gasteiger partial charge in [-0.1, -0.05) is 5.16 Å². The van der Waals surface area contributed by atoms with Crippen molar-refractivity contribution in [3.05, 3.63) is 11.7 Å². The van der Waals surface area contributed by atoms with E-state index >= 15 is 0 Å². The monoisotopic (exact) mass is 265 g/mol. The zero-order chi connectivity index (χ0) is 13.2. The summed E-state index contributed by atoms with van der Waals surface area (Å²) in [6.07, 6.45) is 1.88. The minimum atomic E-state index is 0.335. The molecule has 19 heavy (non-hydrogen) atoms. The van der Waals surface area contributed by atoms with Crippen LogP contribution in [0.15, 0.2) is 4.52 Å². The molecule has 2 atom stereocenters. The highest BCUT2D eigenvalue weighted by atomic mass is 16.5. The lowest BCUT2D eigenvalue weighted by Gasteiger charge is -2.46. The van der Waals surface area contributed by atoms with E-state index in [1.807, 2.05) is 7.05 Å². The Labute approximate surface area is 114 Å². The highest BCUT2D eigenvalue weighted by Gasteiger charge is 2.35. The second kappa shape index (κ2) is 5.56. The maximum absolute atomic E-state index is 5.39. The van der Waals surface area contributed by atoms with Crippen LogP contribution in [0.5, 0.6) is 0 Å². The van der Waals surface area contributed by atoms with Crippen molar-refractivity contribution in [2.24, 2.45) is 0 Å². The quantitative estimate of drug-likeness (QED) is 0.825. The third-order valence-corrected chi connectivity index (χ3v) is 4.34. The van der Waals surface area contributed by atoms with Gasteiger partial charge in [0.2, 0.25) is 5.89 Å². The van der Waals surface area contributed by atoms with E-state index in [2.05, 4.69) is 32.2 Å². The predicted molar refractivity (Wildman–Crippen MR) is 71.9 cm³/mol. The molecule has 0 spiro atoms. The molecule has 6 heteroatoms. The Bertz CT molecular complexity index is 413. The van der Waals surface area contributed by atoms with Gasteiger partial charge in [-0.05, 0) is 20.4 Å². The molecule has 0 aliphatic carbocycles. The van der Waals surface area contributed by atoms with Crippen molar-refractivity contribution in [2.75, 3.05) is 39.8 Å². The zero-order valence-electron chi connectivity index (χ0n) is 11.8. The van der Waals surface area contributed by atoms with E-state index in [9.17, 15) is 0 Å². The zero-order valence-corrected chi connectivity index (χ0v) is 11.8. The molecule has 1 aromatic rings. The topological polar surface area (TPSA) is 57.4 Å². The Balaban J connectivity index is 1.61. The molecule has 3 saturated heterocycles. The van der Waals surface area contributed by atoms with Gasteiger partial charge in [0.15, 0.2) is 5.82 Å². The summed E-state index contributed by atoms with van der Waals surface area (Å²) in [6.45, 7) is 7.83. The molecule has 4 rings (SSSR count). The Morgan fingerprint density at radius 3 is 2.79 bits per heavy atom. The number of piperazine rings is 3. The second-order valence-corrected chi connectivity index (χ2v) is 5.63. The van der Waals surface area contributed by atoms with Gasteiger partial charge in [-0.15, -0.1) is 0 Å². The van der Waals surface area contributed by atoms with Crippen LogP contribution in [-0.4, -0.2) is 65.8 Å². The predicted octanol–water partition coefficient (Wildman–Crippen LogP) is 0.282. The summed E-state index contributed by atoms with van der Waals surface area (Å²) in [5, 5.41) is 7.41. The van der Waals surface area contributed by atoms with Gasteiger partial charge in [-0.2, -0.15) is 4.98 Å². The first-order valence-electron chi connectivity index (χ1n) is 7.22. The molecular weight excluding hydrogens is 242 g/mol. The number of aryl methyl sites for hydroxylation is 1. The lowest BCUT2D eigenvalue weighted by atomic mass is 10.1. The molecule has 3 aliphatic rings. The first kappa shape index (κ1) is 13.0. The van der Waals surface area contributed by atoms with Crippen molar-refractivity contribution in [3.8, 4) is 0 Å². The van der Waals surface area contributed by atoms with Crippen molar-refractivity contribution in [3.63, 3.8) is 0 Å². The summed E-state index contributed by atoms with van der Waals surface area (Å²) < 4.78 is 5.39. The maximum Gasteiger partial charge on any atom is 0.226 e. The van der Waals surface area contributed by atoms with Gasteiger partial charge in [0.05, 0.1) is 6.04 Å². The van der Waals surface area contributed by atoms with Crippen molar-refractivity contribution in [1.82, 2.24) is 25.3 Å². The van der Waals surface area contributed by atoms with Gasteiger partial charge in [-0.25, -0.2) is 0 Å². The molecule has 1 aromatic heterocycles. The molecular formula is C13H23N5O. The summed E-state index contributed by atoms with van der Waals surface area (Å²) in [7, 11) is 1.98. The fourth-order valence-corrected chi connectivity index (χ4v) is 2.85. The Kier molecular flexibility index (Phi) is 3.81. The van der Waals surface area contributed by atoms with Gasteiger partial charge < -0.3 is 9.84 Å². The number of rotatable bonds is 5. The average molecular weight is 265 g/mol. The van der Waals surface area contributed by atoms with E-state index in [0.717, 1.165) is 44.2 Å². The van der Waals surface area contributed by atoms with E-state index in [1.54, 1.807) is 0 Å². The standard InChI is InChI=1S/C13H23N5O/c1-10(14-2)3-4-12-15-13(16-19-12)11-9-17-5-7-18(11)8-6-17/h10-11,14H,3-9H2,1-2H3. The lowest BCUT2D eigenvalue weighted by Crippen LogP contribution is -2.57. The first-order chi connectivity index (χ1) is 9.26. The fraction of sp³-hybridized carbons (Fsp3) is 0.846. The van der Waals surface area contributed by atoms with Crippen LogP contribution in [0.2, 0.25) is 0 Å². The third kappa shape index (κ3) is 2.80. The highest BCUT2D eigenvalue weighted by Crippen LogP contribution is 2.26. The minimum Gasteiger partial charge on any atom is -0.339 e. The van der Waals surface area contributed by atoms with Crippen molar-refractivity contribution < 1.29 is 4.52 Å². The summed E-state index contributed by atoms with van der Waals surface area (Å²) in [4.78, 5) is 9.55. The average Bonchev–Trinajstić information content (AvgIpc) is 2.94. The molecule has 2 unspecified atom stereocenters. The molecule has 0 radical (unpaired) electrons. The summed E-state index contributed by atoms with van der Waals surface area (Å²) in [6, 6.07) is 0.817. The molecule has 0 saturated carbocycles. The summed E-state index contributed by atoms with van der Waals surface area (Å²) in [5.41, 5.74) is 0. The number of hydrogen-bond donors (Lipinski definition) is 1. The molecule has 106 valence electrons. The Hall–Kier alpha value is -0.980. The second-order valence-electron chi connectivity index (χ2n) is 5.63. The van der Waals surface area contributed by atoms with Crippen LogP contribution in [0, 0.1) is 0 Å². The smallest absolute Gasteiger partial charge is 0.226 e. The van der Waals surface area contributed by atoms with Gasteiger partial charge in [0.1, 0.15) is 0 Å². The van der Waals surface area contributed by atoms with E-state index in [-0.39, 0.29) is 0 Å². The van der Waals surface area contributed by atoms with Crippen LogP contribution in [0.3, 0.4) is 0 Å². The van der Waals surface area contributed by atoms with E-state index in [4.69, 9.17) is 4.52 Å². The van der Waals surface area contributed by atoms with Crippen LogP contribution >= 0.6 is 0 Å². The molecule has 6 nitrogen and oxygen atoms in total. The van der Waals surface area contributed by atoms with E-state index < -0.39 is 0 Å². The SMILES string of the molecule is CNC(C)CCc1nc(C2CN3CCN2CC3)no1. The first-order valence-corrected chi connectivity index (χ1v) is 7.22. The van der Waals surface area contributed by atoms with Crippen molar-refractivity contribution in [1.29, 1.82) is 0 Å². The Morgan fingerprint density at radius 2 is 2.16 bits per heavy atom. The number of nitrogens with zero attached hydrogens (tertiary/aromatic N) is 4. The van der Waals surface area contributed by atoms with Gasteiger partial charge >= 0.3 is 0 Å². The molecule has 4 heterocycles. The van der Waals surface area contributed by atoms with Gasteiger partial charge in [-0.3, -0.25) is 9.80 Å². The number of hydrogen-bond acceptors (Lipinski definition) is 6. The fourth-order valence-electron chi connectivity index (χ4n) is 2.85. The molecule has 0 aromatic carbocycles. The van der Waals surface area contributed by atoms with Crippen LogP contribution < -0.4 is 5.32 Å². The lowest BCUT2D eigenvalue weighted by molar-refractivity contribution is 0.00781. The van der Waals surface area contributed by atoms with Crippen LogP contribution in [0.4, 0.5) is 0 Å². The molecule has 1 N–H and O–H groups in total. The highest BCUT2D eigenvalue weighted by molar-refractivity contribution is 5.01. The normalized spacial score (nSPS) is 31.6. The number of nitrogens with one attached hydrogen (secondary N) is 1. The van der Waals surface area contributed by atoms with Gasteiger partial charge in [0.25, 0.3) is 0 Å². The largest absolute Gasteiger partial charge is 0.339 e. The van der Waals surface area contributed by atoms with Gasteiger partial charge in [0, 0.05) is 45.2 Å². The maximum atomic E-state index is 5.39.